The lowest BCUT2D eigenvalue weighted by atomic mass is 9.83. The van der Waals surface area contributed by atoms with Crippen LogP contribution in [0.3, 0.4) is 0 Å². The van der Waals surface area contributed by atoms with Gasteiger partial charge in [-0.1, -0.05) is 18.2 Å². The van der Waals surface area contributed by atoms with E-state index >= 15 is 0 Å². The van der Waals surface area contributed by atoms with Crippen LogP contribution < -0.4 is 15.8 Å². The molecule has 0 saturated heterocycles. The summed E-state index contributed by atoms with van der Waals surface area (Å²) in [6, 6.07) is 12.9. The Balaban J connectivity index is 2.02. The van der Waals surface area contributed by atoms with Crippen LogP contribution in [0.4, 0.5) is 10.1 Å². The van der Waals surface area contributed by atoms with Gasteiger partial charge in [-0.25, -0.2) is 4.39 Å². The molecule has 0 aliphatic carbocycles. The highest BCUT2D eigenvalue weighted by molar-refractivity contribution is 5.98. The number of carbonyl (C=O) groups excluding carboxylic acids is 2. The van der Waals surface area contributed by atoms with Gasteiger partial charge in [-0.3, -0.25) is 9.59 Å². The van der Waals surface area contributed by atoms with E-state index in [2.05, 4.69) is 5.32 Å². The minimum atomic E-state index is -1.03. The topological polar surface area (TPSA) is 81.4 Å². The monoisotopic (exact) mass is 344 g/mol. The van der Waals surface area contributed by atoms with Crippen LogP contribution in [-0.2, 0) is 15.0 Å². The highest BCUT2D eigenvalue weighted by Gasteiger charge is 2.32. The number of hydrogen-bond donors (Lipinski definition) is 2. The molecule has 2 amide bonds. The fraction of sp³-hybridized carbons (Fsp3) is 0.263. The first-order valence-corrected chi connectivity index (χ1v) is 7.88. The minimum Gasteiger partial charge on any atom is -0.493 e. The minimum absolute atomic E-state index is 0.134. The molecule has 3 N–H and O–H groups in total. The van der Waals surface area contributed by atoms with Crippen LogP contribution in [0, 0.1) is 5.82 Å². The summed E-state index contributed by atoms with van der Waals surface area (Å²) in [5, 5.41) is 2.77. The number of nitrogens with two attached hydrogens (primary N) is 1. The molecule has 132 valence electrons. The SMILES string of the molecule is CC(C)(C(=O)Nc1ccc(OCCC(N)=O)cc1)c1ccccc1F. The largest absolute Gasteiger partial charge is 0.493 e. The number of benzene rings is 2. The maximum Gasteiger partial charge on any atom is 0.234 e. The third kappa shape index (κ3) is 4.79. The first-order valence-electron chi connectivity index (χ1n) is 7.88. The van der Waals surface area contributed by atoms with Gasteiger partial charge in [0.25, 0.3) is 0 Å². The van der Waals surface area contributed by atoms with E-state index in [1.165, 1.54) is 6.07 Å². The van der Waals surface area contributed by atoms with Crippen molar-refractivity contribution in [3.63, 3.8) is 0 Å². The molecule has 0 unspecified atom stereocenters. The summed E-state index contributed by atoms with van der Waals surface area (Å²) in [4.78, 5) is 23.2. The van der Waals surface area contributed by atoms with Crippen LogP contribution in [0.5, 0.6) is 5.75 Å². The first kappa shape index (κ1) is 18.4. The molecule has 5 nitrogen and oxygen atoms in total. The molecule has 0 fully saturated rings. The molecule has 0 aromatic heterocycles. The van der Waals surface area contributed by atoms with Gasteiger partial charge in [-0.05, 0) is 44.2 Å². The fourth-order valence-corrected chi connectivity index (χ4v) is 2.28. The summed E-state index contributed by atoms with van der Waals surface area (Å²) in [6.07, 6.45) is 0.134. The molecular weight excluding hydrogens is 323 g/mol. The standard InChI is InChI=1S/C19H21FN2O3/c1-19(2,15-5-3-4-6-16(15)20)18(24)22-13-7-9-14(10-8-13)25-12-11-17(21)23/h3-10H,11-12H2,1-2H3,(H2,21,23)(H,22,24). The number of primary amides is 1. The first-order chi connectivity index (χ1) is 11.8. The lowest BCUT2D eigenvalue weighted by Gasteiger charge is -2.24. The van der Waals surface area contributed by atoms with Gasteiger partial charge in [0, 0.05) is 11.3 Å². The number of halogens is 1. The van der Waals surface area contributed by atoms with Crippen molar-refractivity contribution in [3.05, 3.63) is 59.9 Å². The number of nitrogens with one attached hydrogen (secondary N) is 1. The smallest absolute Gasteiger partial charge is 0.234 e. The Hall–Kier alpha value is -2.89. The molecule has 6 heteroatoms. The molecule has 2 rings (SSSR count). The van der Waals surface area contributed by atoms with Crippen molar-refractivity contribution in [2.75, 3.05) is 11.9 Å². The molecular formula is C19H21FN2O3. The second-order valence-corrected chi connectivity index (χ2v) is 6.15. The number of hydrogen-bond acceptors (Lipinski definition) is 3. The van der Waals surface area contributed by atoms with E-state index in [1.807, 2.05) is 0 Å². The lowest BCUT2D eigenvalue weighted by molar-refractivity contribution is -0.120. The molecule has 25 heavy (non-hydrogen) atoms. The van der Waals surface area contributed by atoms with E-state index in [9.17, 15) is 14.0 Å². The van der Waals surface area contributed by atoms with Gasteiger partial charge in [0.05, 0.1) is 18.4 Å². The third-order valence-electron chi connectivity index (χ3n) is 3.84. The van der Waals surface area contributed by atoms with Gasteiger partial charge in [-0.2, -0.15) is 0 Å². The summed E-state index contributed by atoms with van der Waals surface area (Å²) in [7, 11) is 0. The third-order valence-corrected chi connectivity index (χ3v) is 3.84. The van der Waals surface area contributed by atoms with Crippen molar-refractivity contribution in [3.8, 4) is 5.75 Å². The Morgan fingerprint density at radius 3 is 2.36 bits per heavy atom. The molecule has 0 heterocycles. The number of anilines is 1. The Morgan fingerprint density at radius 1 is 1.12 bits per heavy atom. The van der Waals surface area contributed by atoms with E-state index in [4.69, 9.17) is 10.5 Å². The average Bonchev–Trinajstić information content (AvgIpc) is 2.56. The van der Waals surface area contributed by atoms with Crippen molar-refractivity contribution >= 4 is 17.5 Å². The van der Waals surface area contributed by atoms with Crippen molar-refractivity contribution in [2.45, 2.75) is 25.7 Å². The Labute approximate surface area is 146 Å². The molecule has 0 aliphatic heterocycles. The van der Waals surface area contributed by atoms with E-state index in [0.29, 0.717) is 17.0 Å². The summed E-state index contributed by atoms with van der Waals surface area (Å²) < 4.78 is 19.3. The van der Waals surface area contributed by atoms with Gasteiger partial charge in [-0.15, -0.1) is 0 Å². The zero-order chi connectivity index (χ0) is 18.4. The zero-order valence-corrected chi connectivity index (χ0v) is 14.2. The van der Waals surface area contributed by atoms with Gasteiger partial charge >= 0.3 is 0 Å². The summed E-state index contributed by atoms with van der Waals surface area (Å²) in [6.45, 7) is 3.53. The van der Waals surface area contributed by atoms with Gasteiger partial charge in [0.2, 0.25) is 11.8 Å². The van der Waals surface area contributed by atoms with Crippen LogP contribution in [0.1, 0.15) is 25.8 Å². The highest BCUT2D eigenvalue weighted by Crippen LogP contribution is 2.27. The highest BCUT2D eigenvalue weighted by atomic mass is 19.1. The quantitative estimate of drug-likeness (QED) is 0.810. The zero-order valence-electron chi connectivity index (χ0n) is 14.2. The van der Waals surface area contributed by atoms with Crippen molar-refractivity contribution in [1.29, 1.82) is 0 Å². The number of carbonyl (C=O) groups is 2. The normalized spacial score (nSPS) is 11.0. The van der Waals surface area contributed by atoms with Crippen LogP contribution in [0.2, 0.25) is 0 Å². The van der Waals surface area contributed by atoms with Crippen LogP contribution >= 0.6 is 0 Å². The number of amides is 2. The molecule has 0 bridgehead atoms. The van der Waals surface area contributed by atoms with Gasteiger partial charge in [0.1, 0.15) is 11.6 Å². The molecule has 2 aromatic carbocycles. The molecule has 2 aromatic rings. The van der Waals surface area contributed by atoms with Crippen LogP contribution in [0.25, 0.3) is 0 Å². The summed E-state index contributed by atoms with van der Waals surface area (Å²) in [5.41, 5.74) is 4.91. The van der Waals surface area contributed by atoms with Crippen molar-refractivity contribution in [2.24, 2.45) is 5.73 Å². The Bertz CT molecular complexity index is 758. The predicted molar refractivity (Wildman–Crippen MR) is 93.8 cm³/mol. The maximum atomic E-state index is 14.0. The Kier molecular flexibility index (Phi) is 5.75. The predicted octanol–water partition coefficient (Wildman–Crippen LogP) is 3.00. The van der Waals surface area contributed by atoms with E-state index in [0.717, 1.165) is 0 Å². The van der Waals surface area contributed by atoms with Gasteiger partial charge < -0.3 is 15.8 Å². The van der Waals surface area contributed by atoms with Crippen molar-refractivity contribution in [1.82, 2.24) is 0 Å². The number of ether oxygens (including phenoxy) is 1. The molecule has 0 atom stereocenters. The second kappa shape index (κ2) is 7.79. The maximum absolute atomic E-state index is 14.0. The molecule has 0 saturated carbocycles. The van der Waals surface area contributed by atoms with Gasteiger partial charge in [0.15, 0.2) is 0 Å². The van der Waals surface area contributed by atoms with Crippen LogP contribution in [0.15, 0.2) is 48.5 Å². The van der Waals surface area contributed by atoms with Crippen molar-refractivity contribution < 1.29 is 18.7 Å². The molecule has 0 spiro atoms. The van der Waals surface area contributed by atoms with E-state index in [1.54, 1.807) is 56.3 Å². The van der Waals surface area contributed by atoms with E-state index in [-0.39, 0.29) is 18.9 Å². The number of rotatable bonds is 7. The second-order valence-electron chi connectivity index (χ2n) is 6.15. The van der Waals surface area contributed by atoms with E-state index < -0.39 is 17.1 Å². The van der Waals surface area contributed by atoms with Crippen LogP contribution in [-0.4, -0.2) is 18.4 Å². The average molecular weight is 344 g/mol. The fourth-order valence-electron chi connectivity index (χ4n) is 2.28. The molecule has 0 aliphatic rings. The summed E-state index contributed by atoms with van der Waals surface area (Å²) >= 11 is 0. The molecule has 0 radical (unpaired) electrons. The Morgan fingerprint density at radius 2 is 1.76 bits per heavy atom. The lowest BCUT2D eigenvalue weighted by Crippen LogP contribution is -2.35. The summed E-state index contributed by atoms with van der Waals surface area (Å²) in [5.74, 6) is -0.604.